The van der Waals surface area contributed by atoms with E-state index in [-0.39, 0.29) is 11.3 Å². The fourth-order valence-electron chi connectivity index (χ4n) is 1.47. The van der Waals surface area contributed by atoms with Crippen LogP contribution in [0.1, 0.15) is 22.7 Å². The number of aromatic hydroxyl groups is 1. The van der Waals surface area contributed by atoms with Crippen LogP contribution in [0.4, 0.5) is 0 Å². The zero-order valence-corrected chi connectivity index (χ0v) is 9.17. The number of hydrogen-bond acceptors (Lipinski definition) is 3. The van der Waals surface area contributed by atoms with Crippen LogP contribution in [0.5, 0.6) is 5.75 Å². The minimum atomic E-state index is -1.26. The number of carboxylic acids is 1. The van der Waals surface area contributed by atoms with Crippen molar-refractivity contribution in [2.75, 3.05) is 0 Å². The molecular weight excluding hydrogens is 218 g/mol. The maximum absolute atomic E-state index is 10.7. The van der Waals surface area contributed by atoms with Crippen LogP contribution in [0, 0.1) is 13.8 Å². The maximum atomic E-state index is 10.7. The number of aryl methyl sites for hydroxylation is 1. The third-order valence-corrected chi connectivity index (χ3v) is 2.87. The summed E-state index contributed by atoms with van der Waals surface area (Å²) < 4.78 is 0. The largest absolute Gasteiger partial charge is 0.508 e. The molecule has 0 saturated carbocycles. The minimum Gasteiger partial charge on any atom is -0.508 e. The van der Waals surface area contributed by atoms with Gasteiger partial charge in [-0.1, -0.05) is 11.6 Å². The number of nitrogens with two attached hydrogens (primary N) is 1. The van der Waals surface area contributed by atoms with Crippen LogP contribution in [0.3, 0.4) is 0 Å². The molecule has 0 aliphatic carbocycles. The highest BCUT2D eigenvalue weighted by Gasteiger charge is 2.22. The van der Waals surface area contributed by atoms with E-state index in [1.807, 2.05) is 0 Å². The number of carbonyl (C=O) groups is 1. The standard InChI is InChI=1S/C10H12ClNO3/c1-4-3-6(13)7(5(2)8(4)11)9(12)10(14)15/h3,9,13H,12H2,1-2H3,(H,14,15). The normalized spacial score (nSPS) is 12.5. The summed E-state index contributed by atoms with van der Waals surface area (Å²) in [4.78, 5) is 10.7. The van der Waals surface area contributed by atoms with Crippen LogP contribution in [-0.4, -0.2) is 16.2 Å². The van der Waals surface area contributed by atoms with E-state index >= 15 is 0 Å². The van der Waals surface area contributed by atoms with Crippen LogP contribution in [0.2, 0.25) is 5.02 Å². The average Bonchev–Trinajstić information content (AvgIpc) is 2.14. The summed E-state index contributed by atoms with van der Waals surface area (Å²) >= 11 is 5.94. The zero-order chi connectivity index (χ0) is 11.7. The molecule has 1 aromatic carbocycles. The smallest absolute Gasteiger partial charge is 0.325 e. The molecule has 0 aliphatic heterocycles. The van der Waals surface area contributed by atoms with Gasteiger partial charge < -0.3 is 15.9 Å². The number of phenols is 1. The van der Waals surface area contributed by atoms with Crippen molar-refractivity contribution in [2.45, 2.75) is 19.9 Å². The van der Waals surface area contributed by atoms with Crippen molar-refractivity contribution < 1.29 is 15.0 Å². The molecule has 0 fully saturated rings. The van der Waals surface area contributed by atoms with Gasteiger partial charge in [-0.3, -0.25) is 4.79 Å². The summed E-state index contributed by atoms with van der Waals surface area (Å²) in [5.74, 6) is -1.34. The van der Waals surface area contributed by atoms with Gasteiger partial charge in [0.05, 0.1) is 0 Å². The van der Waals surface area contributed by atoms with E-state index in [9.17, 15) is 9.90 Å². The first kappa shape index (κ1) is 11.8. The van der Waals surface area contributed by atoms with Crippen LogP contribution >= 0.6 is 11.6 Å². The van der Waals surface area contributed by atoms with Crippen LogP contribution in [-0.2, 0) is 4.79 Å². The molecule has 0 radical (unpaired) electrons. The van der Waals surface area contributed by atoms with Gasteiger partial charge in [-0.15, -0.1) is 0 Å². The van der Waals surface area contributed by atoms with Crippen LogP contribution in [0.25, 0.3) is 0 Å². The number of halogens is 1. The van der Waals surface area contributed by atoms with Gasteiger partial charge in [-0.2, -0.15) is 0 Å². The molecule has 1 aromatic rings. The molecule has 1 unspecified atom stereocenters. The van der Waals surface area contributed by atoms with E-state index in [0.29, 0.717) is 16.1 Å². The van der Waals surface area contributed by atoms with Gasteiger partial charge in [0.15, 0.2) is 0 Å². The lowest BCUT2D eigenvalue weighted by atomic mass is 9.98. The van der Waals surface area contributed by atoms with E-state index in [4.69, 9.17) is 22.4 Å². The van der Waals surface area contributed by atoms with Gasteiger partial charge in [0, 0.05) is 10.6 Å². The van der Waals surface area contributed by atoms with Crippen molar-refractivity contribution in [3.05, 3.63) is 27.8 Å². The van der Waals surface area contributed by atoms with Crippen molar-refractivity contribution in [2.24, 2.45) is 5.73 Å². The summed E-state index contributed by atoms with van der Waals surface area (Å²) in [6.07, 6.45) is 0. The van der Waals surface area contributed by atoms with Gasteiger partial charge >= 0.3 is 5.97 Å². The molecule has 0 saturated heterocycles. The van der Waals surface area contributed by atoms with Gasteiger partial charge in [-0.25, -0.2) is 0 Å². The fraction of sp³-hybridized carbons (Fsp3) is 0.300. The SMILES string of the molecule is Cc1cc(O)c(C(N)C(=O)O)c(C)c1Cl. The molecule has 15 heavy (non-hydrogen) atoms. The molecule has 5 heteroatoms. The van der Waals surface area contributed by atoms with E-state index in [1.165, 1.54) is 6.07 Å². The Hall–Kier alpha value is -1.26. The number of aliphatic carboxylic acids is 1. The Kier molecular flexibility index (Phi) is 3.21. The predicted octanol–water partition coefficient (Wildman–Crippen LogP) is 1.75. The van der Waals surface area contributed by atoms with Crippen molar-refractivity contribution in [3.8, 4) is 5.75 Å². The number of carboxylic acid groups (broad SMARTS) is 1. The Balaban J connectivity index is 3.42. The zero-order valence-electron chi connectivity index (χ0n) is 8.41. The monoisotopic (exact) mass is 229 g/mol. The van der Waals surface area contributed by atoms with Gasteiger partial charge in [-0.05, 0) is 31.0 Å². The van der Waals surface area contributed by atoms with Crippen LogP contribution < -0.4 is 5.73 Å². The summed E-state index contributed by atoms with van der Waals surface area (Å²) in [6, 6.07) is 0.149. The first-order valence-corrected chi connectivity index (χ1v) is 4.71. The molecule has 0 spiro atoms. The molecule has 82 valence electrons. The van der Waals surface area contributed by atoms with Gasteiger partial charge in [0.1, 0.15) is 11.8 Å². The number of phenolic OH excluding ortho intramolecular Hbond substituents is 1. The Bertz CT molecular complexity index is 418. The number of hydrogen-bond donors (Lipinski definition) is 3. The molecular formula is C10H12ClNO3. The Morgan fingerprint density at radius 2 is 2.07 bits per heavy atom. The van der Waals surface area contributed by atoms with E-state index < -0.39 is 12.0 Å². The first-order chi connectivity index (χ1) is 6.86. The molecule has 4 N–H and O–H groups in total. The first-order valence-electron chi connectivity index (χ1n) is 4.33. The molecule has 1 atom stereocenters. The third-order valence-electron chi connectivity index (χ3n) is 2.29. The predicted molar refractivity (Wildman–Crippen MR) is 57.2 cm³/mol. The molecule has 0 heterocycles. The van der Waals surface area contributed by atoms with Crippen molar-refractivity contribution in [3.63, 3.8) is 0 Å². The van der Waals surface area contributed by atoms with Crippen molar-refractivity contribution in [1.29, 1.82) is 0 Å². The van der Waals surface area contributed by atoms with Crippen molar-refractivity contribution >= 4 is 17.6 Å². The maximum Gasteiger partial charge on any atom is 0.325 e. The Labute approximate surface area is 92.3 Å². The summed E-state index contributed by atoms with van der Waals surface area (Å²) in [7, 11) is 0. The van der Waals surface area contributed by atoms with E-state index in [0.717, 1.165) is 0 Å². The Morgan fingerprint density at radius 3 is 2.53 bits per heavy atom. The summed E-state index contributed by atoms with van der Waals surface area (Å²) in [6.45, 7) is 3.36. The molecule has 1 rings (SSSR count). The van der Waals surface area contributed by atoms with Crippen molar-refractivity contribution in [1.82, 2.24) is 0 Å². The second-order valence-corrected chi connectivity index (χ2v) is 3.76. The highest BCUT2D eigenvalue weighted by atomic mass is 35.5. The van der Waals surface area contributed by atoms with E-state index in [1.54, 1.807) is 13.8 Å². The second kappa shape index (κ2) is 4.08. The molecule has 0 bridgehead atoms. The highest BCUT2D eigenvalue weighted by Crippen LogP contribution is 2.34. The molecule has 0 amide bonds. The summed E-state index contributed by atoms with van der Waals surface area (Å²) in [5, 5.41) is 18.8. The second-order valence-electron chi connectivity index (χ2n) is 3.38. The minimum absolute atomic E-state index is 0.135. The lowest BCUT2D eigenvalue weighted by Crippen LogP contribution is -2.22. The van der Waals surface area contributed by atoms with E-state index in [2.05, 4.69) is 0 Å². The lowest BCUT2D eigenvalue weighted by Gasteiger charge is -2.15. The quantitative estimate of drug-likeness (QED) is 0.721. The summed E-state index contributed by atoms with van der Waals surface area (Å²) in [5.41, 5.74) is 6.80. The highest BCUT2D eigenvalue weighted by molar-refractivity contribution is 6.32. The molecule has 0 aromatic heterocycles. The molecule has 4 nitrogen and oxygen atoms in total. The number of rotatable bonds is 2. The lowest BCUT2D eigenvalue weighted by molar-refractivity contribution is -0.138. The van der Waals surface area contributed by atoms with Gasteiger partial charge in [0.2, 0.25) is 0 Å². The van der Waals surface area contributed by atoms with Crippen LogP contribution in [0.15, 0.2) is 6.07 Å². The topological polar surface area (TPSA) is 83.5 Å². The third kappa shape index (κ3) is 2.06. The van der Waals surface area contributed by atoms with Gasteiger partial charge in [0.25, 0.3) is 0 Å². The average molecular weight is 230 g/mol. The number of benzene rings is 1. The molecule has 0 aliphatic rings. The fourth-order valence-corrected chi connectivity index (χ4v) is 1.62. The Morgan fingerprint density at radius 1 is 1.53 bits per heavy atom.